The molecule has 0 spiro atoms. The van der Waals surface area contributed by atoms with Crippen LogP contribution in [0.25, 0.3) is 0 Å². The molecule has 1 aliphatic rings. The fourth-order valence-corrected chi connectivity index (χ4v) is 3.37. The summed E-state index contributed by atoms with van der Waals surface area (Å²) in [7, 11) is -2.91. The first-order valence-corrected chi connectivity index (χ1v) is 7.36. The lowest BCUT2D eigenvalue weighted by molar-refractivity contribution is 0.198. The van der Waals surface area contributed by atoms with E-state index in [1.165, 1.54) is 19.3 Å². The summed E-state index contributed by atoms with van der Waals surface area (Å²) in [5, 5.41) is 0. The van der Waals surface area contributed by atoms with Crippen molar-refractivity contribution in [3.8, 4) is 0 Å². The van der Waals surface area contributed by atoms with Crippen molar-refractivity contribution in [1.29, 1.82) is 0 Å². The quantitative estimate of drug-likeness (QED) is 0.743. The van der Waals surface area contributed by atoms with Gasteiger partial charge in [0.25, 0.3) is 0 Å². The Kier molecular flexibility index (Phi) is 5.83. The highest BCUT2D eigenvalue weighted by atomic mass is 31.2. The average molecular weight is 235 g/mol. The van der Waals surface area contributed by atoms with Gasteiger partial charge in [-0.2, -0.15) is 0 Å². The monoisotopic (exact) mass is 235 g/mol. The van der Waals surface area contributed by atoms with E-state index in [0.717, 1.165) is 12.8 Å². The third-order valence-corrected chi connectivity index (χ3v) is 4.29. The van der Waals surface area contributed by atoms with E-state index in [2.05, 4.69) is 4.74 Å². The molecule has 0 aromatic rings. The molecule has 0 aromatic heterocycles. The van der Waals surface area contributed by atoms with Crippen LogP contribution in [0.4, 0.5) is 0 Å². The molecule has 0 atom stereocenters. The fraction of sp³-hybridized carbons (Fsp3) is 1.00. The summed E-state index contributed by atoms with van der Waals surface area (Å²) in [4.78, 5) is 10.1. The molecule has 1 saturated carbocycles. The van der Waals surface area contributed by atoms with Crippen LogP contribution >= 0.6 is 7.74 Å². The van der Waals surface area contributed by atoms with E-state index in [1.54, 1.807) is 0 Å². The SMILES string of the molecule is CCOP(O)(=NC1CCCCC1)OCC. The molecule has 15 heavy (non-hydrogen) atoms. The summed E-state index contributed by atoms with van der Waals surface area (Å²) in [6, 6.07) is 0.232. The van der Waals surface area contributed by atoms with Crippen LogP contribution in [-0.2, 0) is 9.05 Å². The van der Waals surface area contributed by atoms with Gasteiger partial charge in [0.2, 0.25) is 0 Å². The molecular weight excluding hydrogens is 213 g/mol. The molecule has 0 aromatic carbocycles. The zero-order valence-corrected chi connectivity index (χ0v) is 10.6. The average Bonchev–Trinajstić information content (AvgIpc) is 2.19. The van der Waals surface area contributed by atoms with Gasteiger partial charge in [0, 0.05) is 0 Å². The van der Waals surface area contributed by atoms with Gasteiger partial charge in [-0.25, -0.2) is 4.74 Å². The topological polar surface area (TPSA) is 51.0 Å². The fourth-order valence-electron chi connectivity index (χ4n) is 1.84. The summed E-state index contributed by atoms with van der Waals surface area (Å²) < 4.78 is 14.9. The summed E-state index contributed by atoms with van der Waals surface area (Å²) >= 11 is 0. The number of hydrogen-bond donors (Lipinski definition) is 1. The number of hydrogen-bond acceptors (Lipinski definition) is 3. The van der Waals surface area contributed by atoms with Gasteiger partial charge in [-0.15, -0.1) is 0 Å². The Morgan fingerprint density at radius 1 is 1.13 bits per heavy atom. The molecule has 0 bridgehead atoms. The molecule has 0 heterocycles. The highest BCUT2D eigenvalue weighted by Crippen LogP contribution is 2.49. The second-order valence-corrected chi connectivity index (χ2v) is 5.46. The van der Waals surface area contributed by atoms with E-state index in [-0.39, 0.29) is 6.04 Å². The van der Waals surface area contributed by atoms with Crippen LogP contribution in [0.15, 0.2) is 4.74 Å². The first-order valence-electron chi connectivity index (χ1n) is 5.83. The highest BCUT2D eigenvalue weighted by molar-refractivity contribution is 7.50. The summed E-state index contributed by atoms with van der Waals surface area (Å²) in [6.45, 7) is 4.59. The van der Waals surface area contributed by atoms with Crippen molar-refractivity contribution in [2.75, 3.05) is 13.2 Å². The van der Waals surface area contributed by atoms with Crippen molar-refractivity contribution in [3.05, 3.63) is 0 Å². The van der Waals surface area contributed by atoms with Crippen molar-refractivity contribution < 1.29 is 13.9 Å². The molecular formula is C10H22NO3P. The molecule has 0 unspecified atom stereocenters. The molecule has 0 saturated heterocycles. The van der Waals surface area contributed by atoms with Crippen molar-refractivity contribution in [1.82, 2.24) is 0 Å². The van der Waals surface area contributed by atoms with Gasteiger partial charge in [0.1, 0.15) is 0 Å². The maximum atomic E-state index is 10.1. The maximum absolute atomic E-state index is 10.1. The number of nitrogens with zero attached hydrogens (tertiary/aromatic N) is 1. The molecule has 0 amide bonds. The first-order chi connectivity index (χ1) is 7.20. The van der Waals surface area contributed by atoms with Crippen molar-refractivity contribution in [3.63, 3.8) is 0 Å². The third kappa shape index (κ3) is 4.64. The Bertz CT molecular complexity index is 217. The molecule has 5 heteroatoms. The largest absolute Gasteiger partial charge is 0.353 e. The Morgan fingerprint density at radius 3 is 2.13 bits per heavy atom. The Labute approximate surface area is 92.3 Å². The van der Waals surface area contributed by atoms with Crippen LogP contribution < -0.4 is 0 Å². The molecule has 0 aliphatic heterocycles. The second-order valence-electron chi connectivity index (χ2n) is 3.73. The zero-order valence-electron chi connectivity index (χ0n) is 9.69. The van der Waals surface area contributed by atoms with E-state index >= 15 is 0 Å². The minimum Gasteiger partial charge on any atom is -0.318 e. The van der Waals surface area contributed by atoms with Crippen LogP contribution in [0.5, 0.6) is 0 Å². The predicted octanol–water partition coefficient (Wildman–Crippen LogP) is 3.33. The summed E-state index contributed by atoms with van der Waals surface area (Å²) in [6.07, 6.45) is 5.80. The van der Waals surface area contributed by atoms with Gasteiger partial charge < -0.3 is 13.9 Å². The van der Waals surface area contributed by atoms with Gasteiger partial charge in [0.15, 0.2) is 0 Å². The van der Waals surface area contributed by atoms with Crippen LogP contribution in [0.2, 0.25) is 0 Å². The molecule has 1 aliphatic carbocycles. The third-order valence-electron chi connectivity index (χ3n) is 2.48. The van der Waals surface area contributed by atoms with E-state index in [9.17, 15) is 4.89 Å². The smallest absolute Gasteiger partial charge is 0.318 e. The van der Waals surface area contributed by atoms with E-state index < -0.39 is 7.74 Å². The highest BCUT2D eigenvalue weighted by Gasteiger charge is 2.21. The van der Waals surface area contributed by atoms with E-state index in [1.807, 2.05) is 13.8 Å². The van der Waals surface area contributed by atoms with Gasteiger partial charge in [-0.3, -0.25) is 0 Å². The summed E-state index contributed by atoms with van der Waals surface area (Å²) in [5.74, 6) is 0. The Balaban J connectivity index is 2.62. The zero-order chi connectivity index (χ0) is 11.1. The predicted molar refractivity (Wildman–Crippen MR) is 61.7 cm³/mol. The summed E-state index contributed by atoms with van der Waals surface area (Å²) in [5.41, 5.74) is 0. The molecule has 90 valence electrons. The minimum atomic E-state index is -2.91. The molecule has 4 nitrogen and oxygen atoms in total. The van der Waals surface area contributed by atoms with Crippen LogP contribution in [0.3, 0.4) is 0 Å². The Morgan fingerprint density at radius 2 is 1.67 bits per heavy atom. The maximum Gasteiger partial charge on any atom is 0.353 e. The minimum absolute atomic E-state index is 0.232. The first kappa shape index (κ1) is 13.2. The lowest BCUT2D eigenvalue weighted by Crippen LogP contribution is -2.10. The van der Waals surface area contributed by atoms with Gasteiger partial charge in [-0.1, -0.05) is 19.3 Å². The second kappa shape index (κ2) is 6.64. The van der Waals surface area contributed by atoms with Crippen LogP contribution in [0, 0.1) is 0 Å². The van der Waals surface area contributed by atoms with E-state index in [0.29, 0.717) is 13.2 Å². The Hall–Kier alpha value is 0.110. The van der Waals surface area contributed by atoms with Gasteiger partial charge in [-0.05, 0) is 26.7 Å². The van der Waals surface area contributed by atoms with Gasteiger partial charge >= 0.3 is 7.74 Å². The molecule has 1 rings (SSSR count). The lowest BCUT2D eigenvalue weighted by Gasteiger charge is -2.23. The molecule has 0 radical (unpaired) electrons. The van der Waals surface area contributed by atoms with Crippen molar-refractivity contribution >= 4 is 7.74 Å². The normalized spacial score (nSPS) is 19.1. The van der Waals surface area contributed by atoms with Gasteiger partial charge in [0.05, 0.1) is 19.3 Å². The number of rotatable bonds is 5. The standard InChI is InChI=1S/C10H22NO3P/c1-3-13-15(12,14-4-2)11-10-8-6-5-7-9-10/h10,12H,3-9H2,1-2H3. The van der Waals surface area contributed by atoms with Crippen molar-refractivity contribution in [2.45, 2.75) is 52.0 Å². The molecule has 1 N–H and O–H groups in total. The van der Waals surface area contributed by atoms with Crippen molar-refractivity contribution in [2.24, 2.45) is 4.74 Å². The lowest BCUT2D eigenvalue weighted by atomic mass is 9.97. The van der Waals surface area contributed by atoms with Crippen LogP contribution in [0.1, 0.15) is 46.0 Å². The molecule has 1 fully saturated rings. The van der Waals surface area contributed by atoms with E-state index in [4.69, 9.17) is 9.05 Å². The van der Waals surface area contributed by atoms with Crippen LogP contribution in [-0.4, -0.2) is 24.1 Å².